The molecule has 0 aliphatic carbocycles. The van der Waals surface area contributed by atoms with Crippen LogP contribution in [0, 0.1) is 17.2 Å². The molecule has 1 aromatic carbocycles. The maximum absolute atomic E-state index is 12.8. The quantitative estimate of drug-likeness (QED) is 0.832. The van der Waals surface area contributed by atoms with Gasteiger partial charge >= 0.3 is 0 Å². The smallest absolute Gasteiger partial charge is 0.255 e. The summed E-state index contributed by atoms with van der Waals surface area (Å²) in [5, 5.41) is 8.96. The summed E-state index contributed by atoms with van der Waals surface area (Å²) in [6, 6.07) is 11.0. The average molecular weight is 329 g/mol. The van der Waals surface area contributed by atoms with Crippen LogP contribution in [-0.4, -0.2) is 52.4 Å². The van der Waals surface area contributed by atoms with Crippen molar-refractivity contribution in [2.45, 2.75) is 18.9 Å². The van der Waals surface area contributed by atoms with E-state index in [0.29, 0.717) is 30.3 Å². The molecule has 5 nitrogen and oxygen atoms in total. The highest BCUT2D eigenvalue weighted by molar-refractivity contribution is 7.99. The zero-order chi connectivity index (χ0) is 16.2. The van der Waals surface area contributed by atoms with Crippen LogP contribution in [0.25, 0.3) is 0 Å². The van der Waals surface area contributed by atoms with Crippen LogP contribution in [0.5, 0.6) is 0 Å². The van der Waals surface area contributed by atoms with Gasteiger partial charge in [0.1, 0.15) is 6.04 Å². The molecule has 6 heteroatoms. The molecule has 0 saturated carbocycles. The highest BCUT2D eigenvalue weighted by atomic mass is 32.2. The lowest BCUT2D eigenvalue weighted by atomic mass is 9.98. The predicted molar refractivity (Wildman–Crippen MR) is 88.6 cm³/mol. The van der Waals surface area contributed by atoms with Crippen molar-refractivity contribution in [3.05, 3.63) is 35.9 Å². The number of amides is 2. The third-order valence-electron chi connectivity index (χ3n) is 4.44. The molecule has 2 fully saturated rings. The molecule has 3 rings (SSSR count). The highest BCUT2D eigenvalue weighted by Crippen LogP contribution is 2.26. The maximum Gasteiger partial charge on any atom is 0.255 e. The van der Waals surface area contributed by atoms with Crippen LogP contribution < -0.4 is 0 Å². The van der Waals surface area contributed by atoms with Gasteiger partial charge in [-0.05, 0) is 25.0 Å². The van der Waals surface area contributed by atoms with Gasteiger partial charge in [-0.3, -0.25) is 9.59 Å². The summed E-state index contributed by atoms with van der Waals surface area (Å²) in [6.45, 7) is 1.23. The van der Waals surface area contributed by atoms with Gasteiger partial charge in [0.05, 0.1) is 11.9 Å². The second-order valence-electron chi connectivity index (χ2n) is 5.89. The van der Waals surface area contributed by atoms with E-state index in [-0.39, 0.29) is 23.8 Å². The van der Waals surface area contributed by atoms with E-state index >= 15 is 0 Å². The summed E-state index contributed by atoms with van der Waals surface area (Å²) in [7, 11) is 0. The van der Waals surface area contributed by atoms with Crippen molar-refractivity contribution >= 4 is 23.6 Å². The van der Waals surface area contributed by atoms with Gasteiger partial charge in [0.25, 0.3) is 5.91 Å². The molecular formula is C17H19N3O2S. The van der Waals surface area contributed by atoms with Crippen molar-refractivity contribution in [3.8, 4) is 6.07 Å². The van der Waals surface area contributed by atoms with Gasteiger partial charge in [-0.2, -0.15) is 5.26 Å². The van der Waals surface area contributed by atoms with Crippen molar-refractivity contribution in [3.63, 3.8) is 0 Å². The first kappa shape index (κ1) is 15.9. The summed E-state index contributed by atoms with van der Waals surface area (Å²) < 4.78 is 0. The topological polar surface area (TPSA) is 64.4 Å². The molecular weight excluding hydrogens is 310 g/mol. The van der Waals surface area contributed by atoms with Gasteiger partial charge in [0, 0.05) is 30.3 Å². The lowest BCUT2D eigenvalue weighted by Gasteiger charge is -2.33. The standard InChI is InChI=1S/C17H19N3O2S/c18-10-13-6-8-19(9-7-13)17(22)15-11-23-12-20(15)16(21)14-4-2-1-3-5-14/h1-5,13,15H,6-9,11-12H2. The molecule has 2 aliphatic heterocycles. The maximum atomic E-state index is 12.8. The van der Waals surface area contributed by atoms with Gasteiger partial charge in [-0.1, -0.05) is 18.2 Å². The number of rotatable bonds is 2. The number of benzene rings is 1. The zero-order valence-corrected chi connectivity index (χ0v) is 13.7. The second-order valence-corrected chi connectivity index (χ2v) is 6.89. The van der Waals surface area contributed by atoms with Crippen molar-refractivity contribution in [2.24, 2.45) is 5.92 Å². The lowest BCUT2D eigenvalue weighted by molar-refractivity contribution is -0.136. The predicted octanol–water partition coefficient (Wildman–Crippen LogP) is 1.96. The molecule has 1 unspecified atom stereocenters. The minimum absolute atomic E-state index is 0.0238. The second kappa shape index (κ2) is 7.05. The fourth-order valence-corrected chi connectivity index (χ4v) is 4.18. The summed E-state index contributed by atoms with van der Waals surface area (Å²) >= 11 is 1.62. The van der Waals surface area contributed by atoms with Crippen molar-refractivity contribution in [1.29, 1.82) is 5.26 Å². The van der Waals surface area contributed by atoms with Crippen LogP contribution >= 0.6 is 11.8 Å². The Balaban J connectivity index is 1.68. The minimum Gasteiger partial charge on any atom is -0.341 e. The highest BCUT2D eigenvalue weighted by Gasteiger charge is 2.38. The SMILES string of the molecule is N#CC1CCN(C(=O)C2CSCN2C(=O)c2ccccc2)CC1. The molecule has 2 heterocycles. The van der Waals surface area contributed by atoms with E-state index in [9.17, 15) is 9.59 Å². The van der Waals surface area contributed by atoms with Crippen molar-refractivity contribution in [2.75, 3.05) is 24.7 Å². The van der Waals surface area contributed by atoms with Crippen LogP contribution in [-0.2, 0) is 4.79 Å². The first-order chi connectivity index (χ1) is 11.2. The Morgan fingerprint density at radius 1 is 1.17 bits per heavy atom. The van der Waals surface area contributed by atoms with E-state index in [1.165, 1.54) is 0 Å². The number of piperidine rings is 1. The number of nitrogens with zero attached hydrogens (tertiary/aromatic N) is 3. The number of likely N-dealkylation sites (tertiary alicyclic amines) is 1. The van der Waals surface area contributed by atoms with E-state index in [4.69, 9.17) is 5.26 Å². The van der Waals surface area contributed by atoms with E-state index < -0.39 is 0 Å². The number of hydrogen-bond donors (Lipinski definition) is 0. The largest absolute Gasteiger partial charge is 0.341 e. The molecule has 2 saturated heterocycles. The van der Waals surface area contributed by atoms with Gasteiger partial charge in [-0.25, -0.2) is 0 Å². The molecule has 1 aromatic rings. The summed E-state index contributed by atoms with van der Waals surface area (Å²) in [5.74, 6) is 1.20. The number of carbonyl (C=O) groups excluding carboxylic acids is 2. The van der Waals surface area contributed by atoms with E-state index in [1.54, 1.807) is 28.8 Å². The molecule has 23 heavy (non-hydrogen) atoms. The molecule has 0 bridgehead atoms. The van der Waals surface area contributed by atoms with Crippen molar-refractivity contribution < 1.29 is 9.59 Å². The number of thioether (sulfide) groups is 1. The molecule has 0 radical (unpaired) electrons. The number of hydrogen-bond acceptors (Lipinski definition) is 4. The summed E-state index contributed by atoms with van der Waals surface area (Å²) in [5.41, 5.74) is 0.621. The van der Waals surface area contributed by atoms with E-state index in [2.05, 4.69) is 6.07 Å². The molecule has 0 aromatic heterocycles. The third kappa shape index (κ3) is 3.35. The lowest BCUT2D eigenvalue weighted by Crippen LogP contribution is -2.51. The number of nitriles is 1. The van der Waals surface area contributed by atoms with Gasteiger partial charge < -0.3 is 9.80 Å². The Morgan fingerprint density at radius 2 is 1.87 bits per heavy atom. The van der Waals surface area contributed by atoms with E-state index in [1.807, 2.05) is 23.1 Å². The fraction of sp³-hybridized carbons (Fsp3) is 0.471. The van der Waals surface area contributed by atoms with Crippen LogP contribution in [0.2, 0.25) is 0 Å². The Bertz CT molecular complexity index is 620. The molecule has 1 atom stereocenters. The molecule has 0 N–H and O–H groups in total. The van der Waals surface area contributed by atoms with Crippen LogP contribution in [0.4, 0.5) is 0 Å². The van der Waals surface area contributed by atoms with Crippen molar-refractivity contribution in [1.82, 2.24) is 9.80 Å². The zero-order valence-electron chi connectivity index (χ0n) is 12.9. The van der Waals surface area contributed by atoms with Gasteiger partial charge in [0.2, 0.25) is 5.91 Å². The third-order valence-corrected chi connectivity index (χ3v) is 5.45. The van der Waals surface area contributed by atoms with Gasteiger partial charge in [0.15, 0.2) is 0 Å². The summed E-state index contributed by atoms with van der Waals surface area (Å²) in [4.78, 5) is 28.9. The molecule has 2 amide bonds. The Kier molecular flexibility index (Phi) is 4.87. The van der Waals surface area contributed by atoms with Gasteiger partial charge in [-0.15, -0.1) is 11.8 Å². The Hall–Kier alpha value is -2.00. The van der Waals surface area contributed by atoms with Crippen LogP contribution in [0.15, 0.2) is 30.3 Å². The van der Waals surface area contributed by atoms with Crippen LogP contribution in [0.3, 0.4) is 0 Å². The molecule has 120 valence electrons. The molecule has 0 spiro atoms. The van der Waals surface area contributed by atoms with E-state index in [0.717, 1.165) is 12.8 Å². The van der Waals surface area contributed by atoms with Crippen LogP contribution in [0.1, 0.15) is 23.2 Å². The Morgan fingerprint density at radius 3 is 2.52 bits per heavy atom. The monoisotopic (exact) mass is 329 g/mol. The first-order valence-corrected chi connectivity index (χ1v) is 8.98. The average Bonchev–Trinajstić information content (AvgIpc) is 3.11. The fourth-order valence-electron chi connectivity index (χ4n) is 3.03. The number of carbonyl (C=O) groups is 2. The Labute approximate surface area is 140 Å². The normalized spacial score (nSPS) is 22.0. The first-order valence-electron chi connectivity index (χ1n) is 7.83. The minimum atomic E-state index is -0.383. The molecule has 2 aliphatic rings. The summed E-state index contributed by atoms with van der Waals surface area (Å²) in [6.07, 6.45) is 1.46.